The lowest BCUT2D eigenvalue weighted by atomic mass is 10.0. The Morgan fingerprint density at radius 1 is 0.698 bits per heavy atom. The topological polar surface area (TPSA) is 159 Å². The average Bonchev–Trinajstić information content (AvgIpc) is 3.97. The van der Waals surface area contributed by atoms with Gasteiger partial charge in [0.05, 0.1) is 41.4 Å². The van der Waals surface area contributed by atoms with Gasteiger partial charge in [0.1, 0.15) is 33.6 Å². The fraction of sp³-hybridized carbons (Fsp3) is 0.333. The number of pyridine rings is 2. The van der Waals surface area contributed by atoms with Gasteiger partial charge in [0, 0.05) is 54.4 Å². The van der Waals surface area contributed by atoms with Crippen LogP contribution in [0.4, 0.5) is 0 Å². The van der Waals surface area contributed by atoms with Gasteiger partial charge in [-0.1, -0.05) is 0 Å². The van der Waals surface area contributed by atoms with Crippen LogP contribution in [0.3, 0.4) is 0 Å². The van der Waals surface area contributed by atoms with Crippen molar-refractivity contribution in [2.24, 2.45) is 7.05 Å². The molecular weight excluding hydrogens is 671 g/mol. The molecule has 14 heteroatoms. The summed E-state index contributed by atoms with van der Waals surface area (Å²) in [6, 6.07) is 12.3. The number of rotatable bonds is 6. The summed E-state index contributed by atoms with van der Waals surface area (Å²) in [6.45, 7) is 7.45. The molecule has 0 spiro atoms. The lowest BCUT2D eigenvalue weighted by molar-refractivity contribution is 0.344. The molecule has 0 saturated carbocycles. The van der Waals surface area contributed by atoms with Crippen molar-refractivity contribution in [3.63, 3.8) is 0 Å². The molecule has 2 saturated heterocycles. The van der Waals surface area contributed by atoms with Gasteiger partial charge in [-0.05, 0) is 83.1 Å². The molecule has 8 aromatic rings. The number of nitrogens with one attached hydrogen (secondary N) is 2. The molecule has 0 atom stereocenters. The van der Waals surface area contributed by atoms with E-state index in [0.717, 1.165) is 85.1 Å². The van der Waals surface area contributed by atoms with Crippen LogP contribution in [0.1, 0.15) is 49.2 Å². The highest BCUT2D eigenvalue weighted by Crippen LogP contribution is 2.43. The maximum atomic E-state index is 11.5. The highest BCUT2D eigenvalue weighted by atomic mass is 16.5. The molecule has 0 aliphatic carbocycles. The predicted molar refractivity (Wildman–Crippen MR) is 201 cm³/mol. The van der Waals surface area contributed by atoms with Crippen molar-refractivity contribution >= 4 is 44.1 Å². The highest BCUT2D eigenvalue weighted by molar-refractivity contribution is 5.92. The van der Waals surface area contributed by atoms with Crippen molar-refractivity contribution in [3.8, 4) is 39.8 Å². The molecule has 2 fully saturated rings. The second kappa shape index (κ2) is 12.4. The van der Waals surface area contributed by atoms with Crippen molar-refractivity contribution in [1.82, 2.24) is 54.9 Å². The molecule has 10 rings (SSSR count). The zero-order valence-electron chi connectivity index (χ0n) is 29.8. The Bertz CT molecular complexity index is 2690. The van der Waals surface area contributed by atoms with E-state index >= 15 is 0 Å². The zero-order chi connectivity index (χ0) is 35.8. The third-order valence-electron chi connectivity index (χ3n) is 10.7. The maximum absolute atomic E-state index is 11.5. The number of phenols is 1. The molecule has 6 aromatic heterocycles. The SMILES string of the molecule is Cc1nc2c(C)c(O)c(-c3cc(Oc4cc5nn(C)cc5cc4-c4ccc5nn(C6CCNCC6)cc5n4)c4nn(C5CCNCC5)cc4n3)cc2o1. The third-order valence-corrected chi connectivity index (χ3v) is 10.7. The Labute approximate surface area is 303 Å². The van der Waals surface area contributed by atoms with Crippen LogP contribution in [0.15, 0.2) is 59.4 Å². The van der Waals surface area contributed by atoms with Crippen LogP contribution < -0.4 is 15.4 Å². The van der Waals surface area contributed by atoms with Crippen LogP contribution in [0.25, 0.3) is 66.6 Å². The number of hydrogen-bond donors (Lipinski definition) is 3. The van der Waals surface area contributed by atoms with E-state index in [0.29, 0.717) is 62.4 Å². The van der Waals surface area contributed by atoms with E-state index in [1.807, 2.05) is 55.3 Å². The smallest absolute Gasteiger partial charge is 0.192 e. The van der Waals surface area contributed by atoms with Crippen LogP contribution in [0.2, 0.25) is 0 Å². The first-order chi connectivity index (χ1) is 25.8. The van der Waals surface area contributed by atoms with Crippen LogP contribution in [0.5, 0.6) is 17.2 Å². The summed E-state index contributed by atoms with van der Waals surface area (Å²) in [4.78, 5) is 14.7. The summed E-state index contributed by atoms with van der Waals surface area (Å²) in [5, 5.41) is 34.0. The summed E-state index contributed by atoms with van der Waals surface area (Å²) in [5.74, 6) is 1.69. The first-order valence-corrected chi connectivity index (χ1v) is 18.3. The summed E-state index contributed by atoms with van der Waals surface area (Å²) in [7, 11) is 1.91. The molecule has 14 nitrogen and oxygen atoms in total. The number of nitrogens with zero attached hydrogens (tertiary/aromatic N) is 9. The average molecular weight is 710 g/mol. The van der Waals surface area contributed by atoms with Crippen molar-refractivity contribution in [3.05, 3.63) is 66.4 Å². The third kappa shape index (κ3) is 5.56. The summed E-state index contributed by atoms with van der Waals surface area (Å²) >= 11 is 0. The number of phenolic OH excluding ortho intramolecular Hbond substituents is 1. The molecule has 3 N–H and O–H groups in total. The van der Waals surface area contributed by atoms with E-state index in [-0.39, 0.29) is 11.8 Å². The first-order valence-electron chi connectivity index (χ1n) is 18.3. The summed E-state index contributed by atoms with van der Waals surface area (Å²) in [5.41, 5.74) is 8.20. The number of aromatic hydroxyl groups is 1. The van der Waals surface area contributed by atoms with E-state index in [2.05, 4.69) is 32.6 Å². The van der Waals surface area contributed by atoms with Crippen LogP contribution >= 0.6 is 0 Å². The molecule has 2 aromatic carbocycles. The molecule has 0 radical (unpaired) electrons. The predicted octanol–water partition coefficient (Wildman–Crippen LogP) is 6.50. The largest absolute Gasteiger partial charge is 0.507 e. The monoisotopic (exact) mass is 709 g/mol. The minimum atomic E-state index is 0.0903. The Morgan fingerprint density at radius 3 is 2.19 bits per heavy atom. The van der Waals surface area contributed by atoms with E-state index in [9.17, 15) is 5.11 Å². The lowest BCUT2D eigenvalue weighted by Gasteiger charge is -2.22. The van der Waals surface area contributed by atoms with E-state index < -0.39 is 0 Å². The molecule has 0 amide bonds. The number of oxazole rings is 1. The fourth-order valence-electron chi connectivity index (χ4n) is 7.90. The second-order valence-electron chi connectivity index (χ2n) is 14.3. The normalized spacial score (nSPS) is 16.1. The van der Waals surface area contributed by atoms with Gasteiger partial charge >= 0.3 is 0 Å². The van der Waals surface area contributed by atoms with E-state index in [1.54, 1.807) is 17.7 Å². The van der Waals surface area contributed by atoms with Crippen LogP contribution in [-0.4, -0.2) is 75.6 Å². The molecule has 2 aliphatic rings. The van der Waals surface area contributed by atoms with Gasteiger partial charge in [-0.3, -0.25) is 14.0 Å². The highest BCUT2D eigenvalue weighted by Gasteiger charge is 2.24. The number of aromatic nitrogens is 9. The summed E-state index contributed by atoms with van der Waals surface area (Å²) in [6.07, 6.45) is 10.0. The van der Waals surface area contributed by atoms with Gasteiger partial charge in [-0.25, -0.2) is 15.0 Å². The molecule has 0 bridgehead atoms. The molecule has 53 heavy (non-hydrogen) atoms. The maximum Gasteiger partial charge on any atom is 0.192 e. The van der Waals surface area contributed by atoms with E-state index in [1.165, 1.54) is 0 Å². The Balaban J connectivity index is 1.13. The minimum Gasteiger partial charge on any atom is -0.507 e. The number of benzene rings is 2. The molecule has 268 valence electrons. The molecule has 8 heterocycles. The Kier molecular flexibility index (Phi) is 7.44. The molecular formula is C39H39N11O3. The van der Waals surface area contributed by atoms with Crippen molar-refractivity contribution < 1.29 is 14.3 Å². The van der Waals surface area contributed by atoms with Gasteiger partial charge in [-0.2, -0.15) is 15.3 Å². The number of ether oxygens (including phenoxy) is 1. The van der Waals surface area contributed by atoms with Crippen LogP contribution in [0, 0.1) is 13.8 Å². The number of aryl methyl sites for hydroxylation is 3. The van der Waals surface area contributed by atoms with Gasteiger partial charge in [-0.15, -0.1) is 0 Å². The number of piperidine rings is 2. The van der Waals surface area contributed by atoms with Crippen LogP contribution in [-0.2, 0) is 7.05 Å². The molecule has 0 unspecified atom stereocenters. The lowest BCUT2D eigenvalue weighted by Crippen LogP contribution is -2.29. The standard InChI is InChI=1S/C39H39N11O3/c1-21-37-35(52-22(2)42-37)15-27(39(21)51)31-17-36(38-33(44-31)20-50(47-38)25-8-12-41-13-9-25)53-34-16-30-23(18-48(3)45-30)14-26(34)28-4-5-29-32(43-28)19-49(46-29)24-6-10-40-11-7-24/h4-5,14-20,24-25,40-41,51H,6-13H2,1-3H3. The summed E-state index contributed by atoms with van der Waals surface area (Å²) < 4.78 is 18.8. The Morgan fingerprint density at radius 2 is 1.42 bits per heavy atom. The van der Waals surface area contributed by atoms with Gasteiger partial charge in [0.15, 0.2) is 22.7 Å². The number of fused-ring (bicyclic) bond motifs is 4. The van der Waals surface area contributed by atoms with Crippen molar-refractivity contribution in [2.75, 3.05) is 26.2 Å². The first kappa shape index (κ1) is 31.8. The fourth-order valence-corrected chi connectivity index (χ4v) is 7.90. The number of hydrogen-bond acceptors (Lipinski definition) is 11. The quantitative estimate of drug-likeness (QED) is 0.173. The van der Waals surface area contributed by atoms with Crippen molar-refractivity contribution in [2.45, 2.75) is 51.6 Å². The van der Waals surface area contributed by atoms with E-state index in [4.69, 9.17) is 34.4 Å². The van der Waals surface area contributed by atoms with Gasteiger partial charge in [0.2, 0.25) is 0 Å². The Hall–Kier alpha value is -5.86. The molecule has 2 aliphatic heterocycles. The second-order valence-corrected chi connectivity index (χ2v) is 14.3. The van der Waals surface area contributed by atoms with Gasteiger partial charge < -0.3 is 24.9 Å². The van der Waals surface area contributed by atoms with Crippen molar-refractivity contribution in [1.29, 1.82) is 0 Å². The minimum absolute atomic E-state index is 0.0903. The van der Waals surface area contributed by atoms with Gasteiger partial charge in [0.25, 0.3) is 0 Å². The zero-order valence-corrected chi connectivity index (χ0v) is 29.8.